The van der Waals surface area contributed by atoms with E-state index in [1.165, 1.54) is 16.8 Å². The fourth-order valence-corrected chi connectivity index (χ4v) is 4.92. The molecule has 3 atom stereocenters. The quantitative estimate of drug-likeness (QED) is 0.680. The van der Waals surface area contributed by atoms with Gasteiger partial charge in [0.05, 0.1) is 6.54 Å². The SMILES string of the molecule is CC(C)CN1CC[C@H](C)N2C(=O)c3c(O)c(=O)c(C(=O)NCC4=CCC(F)C=C4F)cn3C[C@@H]12. The second-order valence-corrected chi connectivity index (χ2v) is 9.62. The first-order chi connectivity index (χ1) is 16.1. The van der Waals surface area contributed by atoms with E-state index in [4.69, 9.17) is 0 Å². The number of amides is 2. The Hall–Kier alpha value is -3.01. The van der Waals surface area contributed by atoms with Crippen molar-refractivity contribution in [2.24, 2.45) is 5.92 Å². The number of carbonyl (C=O) groups excluding carboxylic acids is 2. The molecule has 2 amide bonds. The smallest absolute Gasteiger partial charge is 0.276 e. The highest BCUT2D eigenvalue weighted by Gasteiger charge is 2.43. The largest absolute Gasteiger partial charge is 0.503 e. The number of halogens is 2. The minimum absolute atomic E-state index is 0.00616. The Bertz CT molecular complexity index is 1130. The van der Waals surface area contributed by atoms with E-state index in [9.17, 15) is 28.3 Å². The molecule has 1 aromatic rings. The summed E-state index contributed by atoms with van der Waals surface area (Å²) in [6.07, 6.45) is 2.61. The van der Waals surface area contributed by atoms with Crippen LogP contribution in [0.3, 0.4) is 0 Å². The van der Waals surface area contributed by atoms with Crippen molar-refractivity contribution in [2.75, 3.05) is 19.6 Å². The molecule has 8 nitrogen and oxygen atoms in total. The van der Waals surface area contributed by atoms with Crippen molar-refractivity contribution >= 4 is 11.8 Å². The van der Waals surface area contributed by atoms with Crippen molar-refractivity contribution in [1.29, 1.82) is 0 Å². The summed E-state index contributed by atoms with van der Waals surface area (Å²) in [6, 6.07) is -0.0530. The average molecular weight is 477 g/mol. The van der Waals surface area contributed by atoms with E-state index in [0.717, 1.165) is 25.6 Å². The van der Waals surface area contributed by atoms with E-state index in [-0.39, 0.29) is 42.0 Å². The zero-order chi connectivity index (χ0) is 24.7. The topological polar surface area (TPSA) is 94.9 Å². The number of carbonyl (C=O) groups is 2. The third-order valence-corrected chi connectivity index (χ3v) is 6.61. The summed E-state index contributed by atoms with van der Waals surface area (Å²) in [5.74, 6) is -2.40. The zero-order valence-corrected chi connectivity index (χ0v) is 19.6. The molecule has 1 unspecified atom stereocenters. The Morgan fingerprint density at radius 1 is 1.32 bits per heavy atom. The number of hydrogen-bond donors (Lipinski definition) is 2. The van der Waals surface area contributed by atoms with Gasteiger partial charge in [-0.05, 0) is 25.3 Å². The molecule has 2 aliphatic heterocycles. The van der Waals surface area contributed by atoms with Crippen LogP contribution in [-0.4, -0.2) is 69.3 Å². The van der Waals surface area contributed by atoms with Crippen molar-refractivity contribution in [3.8, 4) is 5.75 Å². The van der Waals surface area contributed by atoms with E-state index < -0.39 is 35.0 Å². The Kier molecular flexibility index (Phi) is 6.62. The summed E-state index contributed by atoms with van der Waals surface area (Å²) in [5.41, 5.74) is -1.31. The highest BCUT2D eigenvalue weighted by atomic mass is 19.1. The molecular weight excluding hydrogens is 446 g/mol. The summed E-state index contributed by atoms with van der Waals surface area (Å²) < 4.78 is 28.6. The lowest BCUT2D eigenvalue weighted by atomic mass is 10.0. The van der Waals surface area contributed by atoms with Crippen molar-refractivity contribution < 1.29 is 23.5 Å². The molecule has 2 N–H and O–H groups in total. The summed E-state index contributed by atoms with van der Waals surface area (Å²) >= 11 is 0. The van der Waals surface area contributed by atoms with Crippen LogP contribution in [0.25, 0.3) is 0 Å². The Labute approximate surface area is 196 Å². The van der Waals surface area contributed by atoms with Crippen LogP contribution in [0.4, 0.5) is 8.78 Å². The predicted molar refractivity (Wildman–Crippen MR) is 122 cm³/mol. The van der Waals surface area contributed by atoms with Gasteiger partial charge >= 0.3 is 0 Å². The Morgan fingerprint density at radius 2 is 2.06 bits per heavy atom. The first-order valence-electron chi connectivity index (χ1n) is 11.6. The van der Waals surface area contributed by atoms with E-state index in [0.29, 0.717) is 12.5 Å². The van der Waals surface area contributed by atoms with Gasteiger partial charge in [-0.15, -0.1) is 0 Å². The first kappa shape index (κ1) is 24.1. The number of hydrogen-bond acceptors (Lipinski definition) is 5. The van der Waals surface area contributed by atoms with Gasteiger partial charge in [-0.3, -0.25) is 19.3 Å². The van der Waals surface area contributed by atoms with E-state index in [1.54, 1.807) is 4.90 Å². The highest BCUT2D eigenvalue weighted by Crippen LogP contribution is 2.31. The number of aromatic hydroxyl groups is 1. The Morgan fingerprint density at radius 3 is 2.74 bits per heavy atom. The maximum Gasteiger partial charge on any atom is 0.276 e. The van der Waals surface area contributed by atoms with Gasteiger partial charge in [0.25, 0.3) is 11.8 Å². The molecule has 0 spiro atoms. The van der Waals surface area contributed by atoms with Crippen molar-refractivity contribution in [2.45, 2.75) is 58.5 Å². The molecule has 10 heteroatoms. The number of rotatable bonds is 5. The normalized spacial score (nSPS) is 24.9. The molecule has 1 fully saturated rings. The van der Waals surface area contributed by atoms with Gasteiger partial charge in [-0.2, -0.15) is 0 Å². The van der Waals surface area contributed by atoms with Crippen LogP contribution in [-0.2, 0) is 6.54 Å². The summed E-state index contributed by atoms with van der Waals surface area (Å²) in [6.45, 7) is 7.81. The van der Waals surface area contributed by atoms with Crippen molar-refractivity contribution in [3.63, 3.8) is 0 Å². The minimum Gasteiger partial charge on any atom is -0.503 e. The molecule has 4 rings (SSSR count). The van der Waals surface area contributed by atoms with Crippen LogP contribution in [0.15, 0.2) is 34.5 Å². The molecule has 0 saturated carbocycles. The minimum atomic E-state index is -1.41. The van der Waals surface area contributed by atoms with Crippen LogP contribution in [0.1, 0.15) is 54.5 Å². The van der Waals surface area contributed by atoms with E-state index in [2.05, 4.69) is 24.1 Å². The molecule has 0 aromatic carbocycles. The predicted octanol–water partition coefficient (Wildman–Crippen LogP) is 2.34. The molecule has 3 heterocycles. The maximum atomic E-state index is 13.9. The first-order valence-corrected chi connectivity index (χ1v) is 11.6. The number of aromatic nitrogens is 1. The molecule has 1 aromatic heterocycles. The zero-order valence-electron chi connectivity index (χ0n) is 19.6. The average Bonchev–Trinajstić information content (AvgIpc) is 2.76. The molecule has 34 heavy (non-hydrogen) atoms. The highest BCUT2D eigenvalue weighted by molar-refractivity contribution is 5.99. The second-order valence-electron chi connectivity index (χ2n) is 9.62. The molecule has 3 aliphatic rings. The summed E-state index contributed by atoms with van der Waals surface area (Å²) in [4.78, 5) is 42.8. The van der Waals surface area contributed by atoms with Crippen LogP contribution in [0, 0.1) is 5.92 Å². The number of pyridine rings is 1. The van der Waals surface area contributed by atoms with Gasteiger partial charge in [-0.25, -0.2) is 8.78 Å². The number of allylic oxidation sites excluding steroid dienone is 2. The van der Waals surface area contributed by atoms with Gasteiger partial charge in [0.1, 0.15) is 23.7 Å². The molecule has 0 radical (unpaired) electrons. The Balaban J connectivity index is 1.62. The molecule has 1 saturated heterocycles. The van der Waals surface area contributed by atoms with Crippen molar-refractivity contribution in [1.82, 2.24) is 19.7 Å². The summed E-state index contributed by atoms with van der Waals surface area (Å²) in [5, 5.41) is 13.1. The van der Waals surface area contributed by atoms with E-state index in [1.807, 2.05) is 6.92 Å². The number of nitrogens with one attached hydrogen (secondary N) is 1. The third kappa shape index (κ3) is 4.38. The lowest BCUT2D eigenvalue weighted by molar-refractivity contribution is -0.0366. The maximum absolute atomic E-state index is 13.9. The van der Waals surface area contributed by atoms with Gasteiger partial charge < -0.3 is 19.9 Å². The van der Waals surface area contributed by atoms with Crippen LogP contribution in [0.2, 0.25) is 0 Å². The van der Waals surface area contributed by atoms with Crippen LogP contribution < -0.4 is 10.7 Å². The molecule has 0 bridgehead atoms. The van der Waals surface area contributed by atoms with Crippen molar-refractivity contribution in [3.05, 3.63) is 51.2 Å². The lowest BCUT2D eigenvalue weighted by Gasteiger charge is -2.50. The van der Waals surface area contributed by atoms with Crippen LogP contribution >= 0.6 is 0 Å². The van der Waals surface area contributed by atoms with Gasteiger partial charge in [-0.1, -0.05) is 19.9 Å². The fourth-order valence-electron chi connectivity index (χ4n) is 4.92. The van der Waals surface area contributed by atoms with Crippen LogP contribution in [0.5, 0.6) is 5.75 Å². The number of fused-ring (bicyclic) bond motifs is 2. The summed E-state index contributed by atoms with van der Waals surface area (Å²) in [7, 11) is 0. The standard InChI is InChI=1S/C24H30F2N4O4/c1-13(2)10-28-7-6-14(3)30-19(28)12-29-11-17(21(31)22(32)20(29)24(30)34)23(33)27-9-15-4-5-16(25)8-18(15)26/h4,8,11,13-14,16,19,32H,5-7,9-10,12H2,1-3H3,(H,27,33)/t14-,16?,19-/m0/s1. The second kappa shape index (κ2) is 9.32. The van der Waals surface area contributed by atoms with Gasteiger partial charge in [0, 0.05) is 43.9 Å². The molecular formula is C24H30F2N4O4. The number of alkyl halides is 1. The third-order valence-electron chi connectivity index (χ3n) is 6.61. The molecule has 1 aliphatic carbocycles. The lowest BCUT2D eigenvalue weighted by Crippen LogP contribution is -2.64. The van der Waals surface area contributed by atoms with E-state index >= 15 is 0 Å². The number of nitrogens with zero attached hydrogens (tertiary/aromatic N) is 3. The monoisotopic (exact) mass is 476 g/mol. The molecule has 184 valence electrons. The van der Waals surface area contributed by atoms with Gasteiger partial charge in [0.2, 0.25) is 5.43 Å². The van der Waals surface area contributed by atoms with Gasteiger partial charge in [0.15, 0.2) is 11.4 Å². The fraction of sp³-hybridized carbons (Fsp3) is 0.542.